The van der Waals surface area contributed by atoms with E-state index in [4.69, 9.17) is 0 Å². The van der Waals surface area contributed by atoms with E-state index in [2.05, 4.69) is 15.5 Å². The third-order valence-corrected chi connectivity index (χ3v) is 6.40. The fraction of sp³-hybridized carbons (Fsp3) is 0.333. The lowest BCUT2D eigenvalue weighted by atomic mass is 10.1. The summed E-state index contributed by atoms with van der Waals surface area (Å²) < 4.78 is 3.48. The zero-order valence-corrected chi connectivity index (χ0v) is 19.9. The van der Waals surface area contributed by atoms with Crippen molar-refractivity contribution in [1.29, 1.82) is 0 Å². The summed E-state index contributed by atoms with van der Waals surface area (Å²) in [6.45, 7) is 11.7. The maximum Gasteiger partial charge on any atom is 0.267 e. The van der Waals surface area contributed by atoms with Crippen LogP contribution >= 0.6 is 11.8 Å². The maximum atomic E-state index is 13.5. The molecule has 1 amide bonds. The molecule has 0 bridgehead atoms. The minimum atomic E-state index is -0.388. The molecule has 1 N–H and O–H groups in total. The number of aromatic nitrogens is 4. The first-order valence-corrected chi connectivity index (χ1v) is 11.4. The van der Waals surface area contributed by atoms with Crippen molar-refractivity contribution >= 4 is 34.3 Å². The van der Waals surface area contributed by atoms with Gasteiger partial charge in [0.2, 0.25) is 11.7 Å². The topological polar surface area (TPSA) is 81.3 Å². The van der Waals surface area contributed by atoms with Crippen LogP contribution in [0.2, 0.25) is 0 Å². The highest BCUT2D eigenvalue weighted by atomic mass is 32.2. The average Bonchev–Trinajstić information content (AvgIpc) is 3.13. The van der Waals surface area contributed by atoms with Gasteiger partial charge in [-0.3, -0.25) is 14.0 Å². The Kier molecular flexibility index (Phi) is 5.58. The average molecular weight is 450 g/mol. The van der Waals surface area contributed by atoms with Gasteiger partial charge < -0.3 is 5.32 Å². The lowest BCUT2D eigenvalue weighted by Gasteiger charge is -2.22. The van der Waals surface area contributed by atoms with E-state index in [9.17, 15) is 9.59 Å². The van der Waals surface area contributed by atoms with Crippen LogP contribution in [0.15, 0.2) is 52.4 Å². The van der Waals surface area contributed by atoms with Crippen molar-refractivity contribution in [2.75, 3.05) is 0 Å². The summed E-state index contributed by atoms with van der Waals surface area (Å²) >= 11 is 1.32. The highest BCUT2D eigenvalue weighted by Crippen LogP contribution is 2.27. The fourth-order valence-electron chi connectivity index (χ4n) is 3.63. The molecular weight excluding hydrogens is 422 g/mol. The Morgan fingerprint density at radius 1 is 1.06 bits per heavy atom. The van der Waals surface area contributed by atoms with Crippen LogP contribution in [0.5, 0.6) is 0 Å². The number of hydrogen-bond acceptors (Lipinski definition) is 5. The molecule has 4 aromatic rings. The second-order valence-corrected chi connectivity index (χ2v) is 10.3. The number of nitrogens with zero attached hydrogens (tertiary/aromatic N) is 4. The highest BCUT2D eigenvalue weighted by Gasteiger charge is 2.24. The van der Waals surface area contributed by atoms with Gasteiger partial charge in [-0.15, -0.1) is 10.2 Å². The standard InChI is InChI=1S/C24H27N5O2S/c1-14-10-9-13-18(15(14)2)28-21(31)17-11-7-8-12-19(17)29-22(28)26-27-23(29)32-16(3)20(30)25-24(4,5)6/h7-13,16H,1-6H3,(H,25,30). The number of fused-ring (bicyclic) bond motifs is 3. The van der Waals surface area contributed by atoms with Crippen LogP contribution in [-0.2, 0) is 4.79 Å². The molecule has 2 aromatic carbocycles. The van der Waals surface area contributed by atoms with Crippen LogP contribution in [-0.4, -0.2) is 35.9 Å². The van der Waals surface area contributed by atoms with Gasteiger partial charge in [0.25, 0.3) is 5.56 Å². The van der Waals surface area contributed by atoms with Gasteiger partial charge in [-0.05, 0) is 70.9 Å². The van der Waals surface area contributed by atoms with E-state index in [1.807, 2.05) is 88.4 Å². The summed E-state index contributed by atoms with van der Waals surface area (Å²) in [5.74, 6) is 0.347. The maximum absolute atomic E-state index is 13.5. The molecule has 1 unspecified atom stereocenters. The van der Waals surface area contributed by atoms with Gasteiger partial charge in [0, 0.05) is 5.54 Å². The van der Waals surface area contributed by atoms with E-state index in [1.165, 1.54) is 11.8 Å². The number of carbonyl (C=O) groups is 1. The van der Waals surface area contributed by atoms with E-state index in [0.29, 0.717) is 21.8 Å². The van der Waals surface area contributed by atoms with Crippen LogP contribution < -0.4 is 10.9 Å². The summed E-state index contributed by atoms with van der Waals surface area (Å²) in [6, 6.07) is 13.3. The lowest BCUT2D eigenvalue weighted by molar-refractivity contribution is -0.121. The molecule has 7 nitrogen and oxygen atoms in total. The molecule has 2 aromatic heterocycles. The predicted octanol–water partition coefficient (Wildman–Crippen LogP) is 4.05. The largest absolute Gasteiger partial charge is 0.351 e. The molecule has 0 aliphatic carbocycles. The van der Waals surface area contributed by atoms with Crippen LogP contribution in [0.4, 0.5) is 0 Å². The summed E-state index contributed by atoms with van der Waals surface area (Å²) in [5.41, 5.74) is 3.10. The number of aryl methyl sites for hydroxylation is 1. The van der Waals surface area contributed by atoms with E-state index < -0.39 is 0 Å². The molecule has 0 fully saturated rings. The SMILES string of the molecule is Cc1cccc(-n2c(=O)c3ccccc3n3c(SC(C)C(=O)NC(C)(C)C)nnc23)c1C. The summed E-state index contributed by atoms with van der Waals surface area (Å²) in [7, 11) is 0. The van der Waals surface area contributed by atoms with Gasteiger partial charge in [0.1, 0.15) is 0 Å². The van der Waals surface area contributed by atoms with E-state index in [0.717, 1.165) is 16.8 Å². The van der Waals surface area contributed by atoms with Crippen LogP contribution in [0.25, 0.3) is 22.4 Å². The fourth-order valence-corrected chi connectivity index (χ4v) is 4.49. The Morgan fingerprint density at radius 2 is 1.78 bits per heavy atom. The summed E-state index contributed by atoms with van der Waals surface area (Å²) in [5, 5.41) is 12.5. The van der Waals surface area contributed by atoms with Gasteiger partial charge in [-0.1, -0.05) is 36.0 Å². The van der Waals surface area contributed by atoms with E-state index >= 15 is 0 Å². The van der Waals surface area contributed by atoms with Gasteiger partial charge in [-0.2, -0.15) is 0 Å². The van der Waals surface area contributed by atoms with Gasteiger partial charge >= 0.3 is 0 Å². The third-order valence-electron chi connectivity index (χ3n) is 5.36. The van der Waals surface area contributed by atoms with Crippen molar-refractivity contribution in [3.63, 3.8) is 0 Å². The highest BCUT2D eigenvalue weighted by molar-refractivity contribution is 8.00. The van der Waals surface area contributed by atoms with Gasteiger partial charge in [-0.25, -0.2) is 4.57 Å². The molecule has 0 saturated carbocycles. The first-order chi connectivity index (χ1) is 15.1. The number of benzene rings is 2. The van der Waals surface area contributed by atoms with Crippen LogP contribution in [0.3, 0.4) is 0 Å². The molecule has 0 aliphatic heterocycles. The normalized spacial score (nSPS) is 12.9. The van der Waals surface area contributed by atoms with Crippen molar-refractivity contribution < 1.29 is 4.79 Å². The van der Waals surface area contributed by atoms with E-state index in [-0.39, 0.29) is 22.3 Å². The van der Waals surface area contributed by atoms with E-state index in [1.54, 1.807) is 4.57 Å². The summed E-state index contributed by atoms with van der Waals surface area (Å²) in [6.07, 6.45) is 0. The molecule has 4 rings (SSSR count). The van der Waals surface area contributed by atoms with Crippen LogP contribution in [0, 0.1) is 13.8 Å². The molecule has 2 heterocycles. The van der Waals surface area contributed by atoms with Crippen molar-refractivity contribution in [3.8, 4) is 5.69 Å². The zero-order valence-electron chi connectivity index (χ0n) is 19.1. The Morgan fingerprint density at radius 3 is 2.50 bits per heavy atom. The zero-order chi connectivity index (χ0) is 23.2. The molecule has 32 heavy (non-hydrogen) atoms. The number of rotatable bonds is 4. The first-order valence-electron chi connectivity index (χ1n) is 10.5. The van der Waals surface area contributed by atoms with Crippen molar-refractivity contribution in [2.24, 2.45) is 0 Å². The van der Waals surface area contributed by atoms with Crippen molar-refractivity contribution in [3.05, 3.63) is 63.9 Å². The van der Waals surface area contributed by atoms with Crippen molar-refractivity contribution in [2.45, 2.75) is 57.5 Å². The van der Waals surface area contributed by atoms with Gasteiger partial charge in [0.05, 0.1) is 21.8 Å². The van der Waals surface area contributed by atoms with Crippen molar-refractivity contribution in [1.82, 2.24) is 24.5 Å². The molecule has 0 spiro atoms. The smallest absolute Gasteiger partial charge is 0.267 e. The summed E-state index contributed by atoms with van der Waals surface area (Å²) in [4.78, 5) is 26.2. The Labute approximate surface area is 190 Å². The molecule has 1 atom stereocenters. The molecule has 166 valence electrons. The number of thioether (sulfide) groups is 1. The van der Waals surface area contributed by atoms with Gasteiger partial charge in [0.15, 0.2) is 5.16 Å². The number of amides is 1. The second kappa shape index (κ2) is 8.09. The number of carbonyl (C=O) groups excluding carboxylic acids is 1. The minimum absolute atomic E-state index is 0.0774. The molecule has 0 radical (unpaired) electrons. The molecule has 0 aliphatic rings. The first kappa shape index (κ1) is 22.1. The lowest BCUT2D eigenvalue weighted by Crippen LogP contribution is -2.44. The van der Waals surface area contributed by atoms with Crippen LogP contribution in [0.1, 0.15) is 38.8 Å². The minimum Gasteiger partial charge on any atom is -0.351 e. The molecule has 8 heteroatoms. The number of hydrogen-bond donors (Lipinski definition) is 1. The third kappa shape index (κ3) is 3.90. The predicted molar refractivity (Wildman–Crippen MR) is 129 cm³/mol. The number of nitrogens with one attached hydrogen (secondary N) is 1. The number of para-hydroxylation sites is 1. The Balaban J connectivity index is 1.94. The monoisotopic (exact) mass is 449 g/mol. The second-order valence-electron chi connectivity index (χ2n) is 8.99. The Hall–Kier alpha value is -3.13. The quantitative estimate of drug-likeness (QED) is 0.476. The molecular formula is C24H27N5O2S. The Bertz CT molecular complexity index is 1400. The molecule has 0 saturated heterocycles.